The molecule has 0 spiro atoms. The lowest BCUT2D eigenvalue weighted by molar-refractivity contribution is 0.0473. The molecule has 0 aromatic heterocycles. The summed E-state index contributed by atoms with van der Waals surface area (Å²) in [6.07, 6.45) is 0. The van der Waals surface area contributed by atoms with Crippen LogP contribution in [0.4, 0.5) is 0 Å². The Kier molecular flexibility index (Phi) is 5.61. The van der Waals surface area contributed by atoms with Gasteiger partial charge in [0.2, 0.25) is 0 Å². The van der Waals surface area contributed by atoms with Gasteiger partial charge in [-0.2, -0.15) is 0 Å². The fourth-order valence-corrected chi connectivity index (χ4v) is 2.49. The number of ketones is 1. The molecule has 0 aliphatic carbocycles. The second kappa shape index (κ2) is 7.24. The van der Waals surface area contributed by atoms with E-state index in [0.717, 1.165) is 3.57 Å². The minimum atomic E-state index is -0.534. The summed E-state index contributed by atoms with van der Waals surface area (Å²) in [7, 11) is 0. The highest BCUT2D eigenvalue weighted by Crippen LogP contribution is 2.23. The van der Waals surface area contributed by atoms with Gasteiger partial charge in [-0.15, -0.1) is 0 Å². The van der Waals surface area contributed by atoms with Crippen molar-refractivity contribution in [2.24, 2.45) is 0 Å². The number of benzene rings is 2. The van der Waals surface area contributed by atoms with E-state index in [9.17, 15) is 9.59 Å². The van der Waals surface area contributed by atoms with Crippen LogP contribution in [-0.4, -0.2) is 18.4 Å². The number of ether oxygens (including phenoxy) is 1. The van der Waals surface area contributed by atoms with Gasteiger partial charge in [0.15, 0.2) is 12.4 Å². The highest BCUT2D eigenvalue weighted by molar-refractivity contribution is 14.1. The number of rotatable bonds is 4. The normalized spacial score (nSPS) is 10.2. The molecule has 0 saturated heterocycles. The summed E-state index contributed by atoms with van der Waals surface area (Å²) >= 11 is 13.7. The van der Waals surface area contributed by atoms with E-state index in [1.54, 1.807) is 18.2 Å². The molecule has 0 amide bonds. The Labute approximate surface area is 145 Å². The Balaban J connectivity index is 2.02. The van der Waals surface area contributed by atoms with Crippen LogP contribution in [0.25, 0.3) is 0 Å². The van der Waals surface area contributed by atoms with Crippen LogP contribution in [0.15, 0.2) is 42.5 Å². The molecule has 2 aromatic rings. The van der Waals surface area contributed by atoms with Gasteiger partial charge in [0, 0.05) is 9.13 Å². The third kappa shape index (κ3) is 4.18. The van der Waals surface area contributed by atoms with Gasteiger partial charge in [-0.25, -0.2) is 4.79 Å². The van der Waals surface area contributed by atoms with Crippen LogP contribution in [-0.2, 0) is 4.74 Å². The molecule has 0 saturated carbocycles. The van der Waals surface area contributed by atoms with E-state index in [-0.39, 0.29) is 17.4 Å². The first kappa shape index (κ1) is 16.3. The van der Waals surface area contributed by atoms with Gasteiger partial charge in [0.25, 0.3) is 0 Å². The molecular weight excluding hydrogens is 426 g/mol. The van der Waals surface area contributed by atoms with Crippen molar-refractivity contribution in [3.63, 3.8) is 0 Å². The number of carbonyl (C=O) groups is 2. The predicted molar refractivity (Wildman–Crippen MR) is 90.2 cm³/mol. The Morgan fingerprint density at radius 2 is 1.76 bits per heavy atom. The number of halogens is 3. The topological polar surface area (TPSA) is 43.4 Å². The van der Waals surface area contributed by atoms with Gasteiger partial charge < -0.3 is 4.74 Å². The molecule has 3 nitrogen and oxygen atoms in total. The van der Waals surface area contributed by atoms with E-state index in [1.807, 2.05) is 28.7 Å². The van der Waals surface area contributed by atoms with Crippen molar-refractivity contribution in [2.45, 2.75) is 0 Å². The second-order valence-electron chi connectivity index (χ2n) is 4.11. The number of hydrogen-bond donors (Lipinski definition) is 0. The average Bonchev–Trinajstić information content (AvgIpc) is 2.47. The van der Waals surface area contributed by atoms with Crippen LogP contribution in [0, 0.1) is 3.57 Å². The maximum absolute atomic E-state index is 11.9. The summed E-state index contributed by atoms with van der Waals surface area (Å²) in [4.78, 5) is 23.8. The second-order valence-corrected chi connectivity index (χ2v) is 6.08. The monoisotopic (exact) mass is 434 g/mol. The number of carbonyl (C=O) groups excluding carboxylic acids is 2. The molecule has 21 heavy (non-hydrogen) atoms. The predicted octanol–water partition coefficient (Wildman–Crippen LogP) is 4.64. The number of hydrogen-bond acceptors (Lipinski definition) is 3. The molecule has 108 valence electrons. The van der Waals surface area contributed by atoms with Gasteiger partial charge in [0.1, 0.15) is 0 Å². The molecule has 2 aromatic carbocycles. The largest absolute Gasteiger partial charge is 0.454 e. The highest BCUT2D eigenvalue weighted by atomic mass is 127. The first-order chi connectivity index (χ1) is 9.99. The lowest BCUT2D eigenvalue weighted by atomic mass is 10.1. The standard InChI is InChI=1S/C15H9Cl2IO3/c16-11-6-5-9(7-12(11)17)14(19)8-21-15(20)10-3-1-2-4-13(10)18/h1-7H,8H2. The fraction of sp³-hybridized carbons (Fsp3) is 0.0667. The molecule has 0 bridgehead atoms. The molecule has 6 heteroatoms. The van der Waals surface area contributed by atoms with Crippen LogP contribution in [0.3, 0.4) is 0 Å². The Bertz CT molecular complexity index is 701. The van der Waals surface area contributed by atoms with E-state index in [1.165, 1.54) is 18.2 Å². The third-order valence-corrected chi connectivity index (χ3v) is 4.35. The van der Waals surface area contributed by atoms with Crippen molar-refractivity contribution < 1.29 is 14.3 Å². The minimum Gasteiger partial charge on any atom is -0.454 e. The molecular formula is C15H9Cl2IO3. The van der Waals surface area contributed by atoms with Gasteiger partial charge in [-0.05, 0) is 52.9 Å². The summed E-state index contributed by atoms with van der Waals surface area (Å²) in [5, 5.41) is 0.649. The summed E-state index contributed by atoms with van der Waals surface area (Å²) < 4.78 is 5.79. The van der Waals surface area contributed by atoms with Crippen molar-refractivity contribution in [3.05, 3.63) is 67.2 Å². The molecule has 0 atom stereocenters. The Hall–Kier alpha value is -1.11. The Morgan fingerprint density at radius 1 is 1.05 bits per heavy atom. The summed E-state index contributed by atoms with van der Waals surface area (Å²) in [6, 6.07) is 11.5. The molecule has 0 fully saturated rings. The molecule has 0 aliphatic rings. The van der Waals surface area contributed by atoms with E-state index in [4.69, 9.17) is 27.9 Å². The maximum Gasteiger partial charge on any atom is 0.339 e. The third-order valence-electron chi connectivity index (χ3n) is 2.67. The Morgan fingerprint density at radius 3 is 2.43 bits per heavy atom. The van der Waals surface area contributed by atoms with Crippen molar-refractivity contribution >= 4 is 57.5 Å². The first-order valence-corrected chi connectivity index (χ1v) is 7.72. The molecule has 0 aliphatic heterocycles. The minimum absolute atomic E-state index is 0.284. The van der Waals surface area contributed by atoms with Gasteiger partial charge in [0.05, 0.1) is 15.6 Å². The number of Topliss-reactive ketones (excluding diaryl/α,β-unsaturated/α-hetero) is 1. The lowest BCUT2D eigenvalue weighted by Crippen LogP contribution is -2.15. The van der Waals surface area contributed by atoms with Crippen molar-refractivity contribution in [2.75, 3.05) is 6.61 Å². The SMILES string of the molecule is O=C(COC(=O)c1ccccc1I)c1ccc(Cl)c(Cl)c1. The summed E-state index contributed by atoms with van der Waals surface area (Å²) in [5.74, 6) is -0.874. The molecule has 0 heterocycles. The molecule has 0 radical (unpaired) electrons. The zero-order chi connectivity index (χ0) is 15.4. The fourth-order valence-electron chi connectivity index (χ4n) is 1.59. The lowest BCUT2D eigenvalue weighted by Gasteiger charge is -2.06. The average molecular weight is 435 g/mol. The quantitative estimate of drug-likeness (QED) is 0.400. The van der Waals surface area contributed by atoms with Crippen LogP contribution in [0.1, 0.15) is 20.7 Å². The molecule has 0 N–H and O–H groups in total. The van der Waals surface area contributed by atoms with Crippen LogP contribution in [0.2, 0.25) is 10.0 Å². The van der Waals surface area contributed by atoms with Gasteiger partial charge >= 0.3 is 5.97 Å². The molecule has 0 unspecified atom stereocenters. The summed E-state index contributed by atoms with van der Waals surface area (Å²) in [6.45, 7) is -0.345. The number of esters is 1. The van der Waals surface area contributed by atoms with E-state index in [2.05, 4.69) is 0 Å². The zero-order valence-electron chi connectivity index (χ0n) is 10.6. The van der Waals surface area contributed by atoms with E-state index < -0.39 is 5.97 Å². The van der Waals surface area contributed by atoms with Crippen molar-refractivity contribution in [3.8, 4) is 0 Å². The van der Waals surface area contributed by atoms with E-state index in [0.29, 0.717) is 16.1 Å². The van der Waals surface area contributed by atoms with Crippen LogP contribution < -0.4 is 0 Å². The smallest absolute Gasteiger partial charge is 0.339 e. The van der Waals surface area contributed by atoms with E-state index >= 15 is 0 Å². The summed E-state index contributed by atoms with van der Waals surface area (Å²) in [5.41, 5.74) is 0.778. The van der Waals surface area contributed by atoms with Gasteiger partial charge in [-0.3, -0.25) is 4.79 Å². The van der Waals surface area contributed by atoms with Crippen LogP contribution in [0.5, 0.6) is 0 Å². The highest BCUT2D eigenvalue weighted by Gasteiger charge is 2.14. The maximum atomic E-state index is 11.9. The van der Waals surface area contributed by atoms with Crippen LogP contribution >= 0.6 is 45.8 Å². The zero-order valence-corrected chi connectivity index (χ0v) is 14.3. The first-order valence-electron chi connectivity index (χ1n) is 5.89. The van der Waals surface area contributed by atoms with Gasteiger partial charge in [-0.1, -0.05) is 35.3 Å². The molecule has 2 rings (SSSR count). The van der Waals surface area contributed by atoms with Crippen molar-refractivity contribution in [1.29, 1.82) is 0 Å². The van der Waals surface area contributed by atoms with Crippen molar-refractivity contribution in [1.82, 2.24) is 0 Å².